The van der Waals surface area contributed by atoms with Crippen molar-refractivity contribution in [2.24, 2.45) is 0 Å². The summed E-state index contributed by atoms with van der Waals surface area (Å²) < 4.78 is 26.8. The van der Waals surface area contributed by atoms with Crippen molar-refractivity contribution in [1.29, 1.82) is 0 Å². The van der Waals surface area contributed by atoms with E-state index in [1.807, 2.05) is 30.3 Å². The maximum absolute atomic E-state index is 12.8. The van der Waals surface area contributed by atoms with Gasteiger partial charge in [-0.05, 0) is 48.0 Å². The largest absolute Gasteiger partial charge is 0.322 e. The fraction of sp³-hybridized carbons (Fsp3) is 0.0952. The average Bonchev–Trinajstić information content (AvgIpc) is 2.71. The molecule has 0 atom stereocenters. The molecule has 0 unspecified atom stereocenters. The second-order valence-corrected chi connectivity index (χ2v) is 9.24. The van der Waals surface area contributed by atoms with Crippen LogP contribution in [-0.2, 0) is 16.6 Å². The maximum atomic E-state index is 12.8. The first-order valence-electron chi connectivity index (χ1n) is 8.64. The number of nitrogens with one attached hydrogen (secondary N) is 1. The Labute approximate surface area is 179 Å². The van der Waals surface area contributed by atoms with E-state index in [4.69, 9.17) is 23.2 Å². The number of anilines is 1. The van der Waals surface area contributed by atoms with Gasteiger partial charge in [-0.25, -0.2) is 8.42 Å². The quantitative estimate of drug-likeness (QED) is 0.572. The zero-order valence-corrected chi connectivity index (χ0v) is 17.8. The van der Waals surface area contributed by atoms with Gasteiger partial charge in [-0.1, -0.05) is 53.5 Å². The zero-order valence-electron chi connectivity index (χ0n) is 15.5. The minimum absolute atomic E-state index is 0.134. The first-order valence-corrected chi connectivity index (χ1v) is 10.8. The number of sulfonamides is 1. The third kappa shape index (κ3) is 5.16. The first kappa shape index (κ1) is 21.3. The molecule has 150 valence electrons. The highest BCUT2D eigenvalue weighted by molar-refractivity contribution is 7.89. The summed E-state index contributed by atoms with van der Waals surface area (Å²) in [5.74, 6) is -0.436. The molecule has 3 rings (SSSR count). The predicted molar refractivity (Wildman–Crippen MR) is 116 cm³/mol. The van der Waals surface area contributed by atoms with E-state index >= 15 is 0 Å². The Kier molecular flexibility index (Phi) is 6.59. The molecule has 0 saturated carbocycles. The highest BCUT2D eigenvalue weighted by Crippen LogP contribution is 2.23. The highest BCUT2D eigenvalue weighted by atomic mass is 35.5. The van der Waals surface area contributed by atoms with Gasteiger partial charge in [-0.3, -0.25) is 4.79 Å². The van der Waals surface area contributed by atoms with Gasteiger partial charge in [0.05, 0.1) is 15.5 Å². The van der Waals surface area contributed by atoms with Crippen LogP contribution in [0.3, 0.4) is 0 Å². The van der Waals surface area contributed by atoms with Gasteiger partial charge in [-0.2, -0.15) is 4.31 Å². The molecule has 5 nitrogen and oxygen atoms in total. The minimum Gasteiger partial charge on any atom is -0.322 e. The Balaban J connectivity index is 1.73. The van der Waals surface area contributed by atoms with E-state index in [0.29, 0.717) is 10.7 Å². The van der Waals surface area contributed by atoms with E-state index in [9.17, 15) is 13.2 Å². The van der Waals surface area contributed by atoms with Gasteiger partial charge in [-0.15, -0.1) is 0 Å². The number of carbonyl (C=O) groups is 1. The molecule has 3 aromatic rings. The van der Waals surface area contributed by atoms with Crippen molar-refractivity contribution in [2.45, 2.75) is 11.4 Å². The fourth-order valence-electron chi connectivity index (χ4n) is 2.69. The predicted octanol–water partition coefficient (Wildman–Crippen LogP) is 5.07. The van der Waals surface area contributed by atoms with Crippen LogP contribution in [-0.4, -0.2) is 25.7 Å². The number of rotatable bonds is 6. The fourth-order valence-corrected chi connectivity index (χ4v) is 4.22. The molecule has 0 aliphatic heterocycles. The van der Waals surface area contributed by atoms with Gasteiger partial charge in [0.2, 0.25) is 10.0 Å². The van der Waals surface area contributed by atoms with Crippen LogP contribution in [0.15, 0.2) is 77.7 Å². The minimum atomic E-state index is -3.66. The first-order chi connectivity index (χ1) is 13.8. The van der Waals surface area contributed by atoms with Crippen molar-refractivity contribution in [3.8, 4) is 0 Å². The zero-order chi connectivity index (χ0) is 21.0. The van der Waals surface area contributed by atoms with Gasteiger partial charge < -0.3 is 5.32 Å². The second-order valence-electron chi connectivity index (χ2n) is 6.35. The monoisotopic (exact) mass is 448 g/mol. The van der Waals surface area contributed by atoms with Crippen molar-refractivity contribution in [2.75, 3.05) is 12.4 Å². The maximum Gasteiger partial charge on any atom is 0.257 e. The molecule has 8 heteroatoms. The van der Waals surface area contributed by atoms with Crippen molar-refractivity contribution < 1.29 is 13.2 Å². The normalized spacial score (nSPS) is 11.4. The van der Waals surface area contributed by atoms with Crippen molar-refractivity contribution in [3.63, 3.8) is 0 Å². The van der Waals surface area contributed by atoms with Crippen LogP contribution in [0.2, 0.25) is 10.0 Å². The smallest absolute Gasteiger partial charge is 0.257 e. The molecule has 0 radical (unpaired) electrons. The van der Waals surface area contributed by atoms with E-state index in [-0.39, 0.29) is 22.0 Å². The molecule has 0 saturated heterocycles. The van der Waals surface area contributed by atoms with Crippen molar-refractivity contribution >= 4 is 44.8 Å². The number of halogens is 2. The number of nitrogens with zero attached hydrogens (tertiary/aromatic N) is 1. The summed E-state index contributed by atoms with van der Waals surface area (Å²) in [5.41, 5.74) is 1.56. The Hall–Kier alpha value is -2.38. The Bertz CT molecular complexity index is 1120. The van der Waals surface area contributed by atoms with Gasteiger partial charge in [0.15, 0.2) is 0 Å². The van der Waals surface area contributed by atoms with Crippen molar-refractivity contribution in [3.05, 3.63) is 94.0 Å². The summed E-state index contributed by atoms with van der Waals surface area (Å²) in [5, 5.41) is 3.35. The summed E-state index contributed by atoms with van der Waals surface area (Å²) in [6.45, 7) is 0.259. The lowest BCUT2D eigenvalue weighted by Gasteiger charge is -2.17. The van der Waals surface area contributed by atoms with Crippen LogP contribution >= 0.6 is 23.2 Å². The molecule has 0 fully saturated rings. The molecule has 1 N–H and O–H groups in total. The van der Waals surface area contributed by atoms with Crippen molar-refractivity contribution in [1.82, 2.24) is 4.31 Å². The summed E-state index contributed by atoms with van der Waals surface area (Å²) in [4.78, 5) is 12.5. The third-order valence-electron chi connectivity index (χ3n) is 4.24. The van der Waals surface area contributed by atoms with Crippen LogP contribution in [0.25, 0.3) is 0 Å². The molecule has 0 aliphatic carbocycles. The summed E-state index contributed by atoms with van der Waals surface area (Å²) in [6, 6.07) is 19.9. The highest BCUT2D eigenvalue weighted by Gasteiger charge is 2.21. The number of amides is 1. The third-order valence-corrected chi connectivity index (χ3v) is 6.62. The molecule has 0 aromatic heterocycles. The molecular formula is C21H18Cl2N2O3S. The van der Waals surface area contributed by atoms with Gasteiger partial charge in [0, 0.05) is 24.3 Å². The standard InChI is InChI=1S/C21H18Cl2N2O3S/c1-25(14-15-5-3-2-4-6-15)29(27,28)18-10-8-17(9-11-18)24-21(26)19-13-16(22)7-12-20(19)23/h2-13H,14H2,1H3,(H,24,26). The van der Waals surface area contributed by atoms with E-state index in [2.05, 4.69) is 5.32 Å². The van der Waals surface area contributed by atoms with E-state index in [0.717, 1.165) is 5.56 Å². The van der Waals surface area contributed by atoms with Crippen LogP contribution in [0.4, 0.5) is 5.69 Å². The van der Waals surface area contributed by atoms with Crippen LogP contribution in [0.5, 0.6) is 0 Å². The number of hydrogen-bond donors (Lipinski definition) is 1. The summed E-state index contributed by atoms with van der Waals surface area (Å²) in [6.07, 6.45) is 0. The molecule has 0 aliphatic rings. The van der Waals surface area contributed by atoms with E-state index < -0.39 is 15.9 Å². The van der Waals surface area contributed by atoms with Crippen LogP contribution in [0, 0.1) is 0 Å². The van der Waals surface area contributed by atoms with Gasteiger partial charge in [0.25, 0.3) is 5.91 Å². The number of benzene rings is 3. The Morgan fingerprint density at radius 3 is 2.28 bits per heavy atom. The molecule has 0 spiro atoms. The molecule has 3 aromatic carbocycles. The average molecular weight is 449 g/mol. The lowest BCUT2D eigenvalue weighted by Crippen LogP contribution is -2.26. The van der Waals surface area contributed by atoms with E-state index in [1.54, 1.807) is 6.07 Å². The molecular weight excluding hydrogens is 431 g/mol. The lowest BCUT2D eigenvalue weighted by atomic mass is 10.2. The lowest BCUT2D eigenvalue weighted by molar-refractivity contribution is 0.102. The summed E-state index contributed by atoms with van der Waals surface area (Å²) >= 11 is 12.0. The Morgan fingerprint density at radius 2 is 1.62 bits per heavy atom. The number of hydrogen-bond acceptors (Lipinski definition) is 3. The SMILES string of the molecule is CN(Cc1ccccc1)S(=O)(=O)c1ccc(NC(=O)c2cc(Cl)ccc2Cl)cc1. The molecule has 0 bridgehead atoms. The van der Waals surface area contributed by atoms with Crippen LogP contribution in [0.1, 0.15) is 15.9 Å². The van der Waals surface area contributed by atoms with E-state index in [1.165, 1.54) is 47.8 Å². The summed E-state index contributed by atoms with van der Waals surface area (Å²) in [7, 11) is -2.14. The number of carbonyl (C=O) groups excluding carboxylic acids is 1. The molecule has 29 heavy (non-hydrogen) atoms. The molecule has 0 heterocycles. The van der Waals surface area contributed by atoms with Gasteiger partial charge >= 0.3 is 0 Å². The Morgan fingerprint density at radius 1 is 0.966 bits per heavy atom. The molecule has 1 amide bonds. The topological polar surface area (TPSA) is 66.5 Å². The van der Waals surface area contributed by atoms with Crippen LogP contribution < -0.4 is 5.32 Å². The van der Waals surface area contributed by atoms with Gasteiger partial charge in [0.1, 0.15) is 0 Å². The second kappa shape index (κ2) is 8.97.